The molecule has 0 aliphatic rings. The van der Waals surface area contributed by atoms with Gasteiger partial charge in [-0.25, -0.2) is 0 Å². The molecule has 0 bridgehead atoms. The van der Waals surface area contributed by atoms with E-state index in [0.717, 1.165) is 10.4 Å². The zero-order valence-corrected chi connectivity index (χ0v) is 17.0. The molecule has 148 valence electrons. The van der Waals surface area contributed by atoms with Crippen LogP contribution in [0.15, 0.2) is 77.8 Å². The summed E-state index contributed by atoms with van der Waals surface area (Å²) in [4.78, 5) is 26.5. The topological polar surface area (TPSA) is 67.4 Å². The first kappa shape index (κ1) is 20.4. The third-order valence-corrected chi connectivity index (χ3v) is 5.14. The fraction of sp³-hybridized carbons (Fsp3) is 0.130. The van der Waals surface area contributed by atoms with Crippen LogP contribution in [0.2, 0.25) is 0 Å². The van der Waals surface area contributed by atoms with Crippen LogP contribution in [0.4, 0.5) is 0 Å². The highest BCUT2D eigenvalue weighted by Crippen LogP contribution is 2.16. The van der Waals surface area contributed by atoms with E-state index in [4.69, 9.17) is 4.74 Å². The Bertz CT molecular complexity index is 981. The fourth-order valence-corrected chi connectivity index (χ4v) is 3.37. The van der Waals surface area contributed by atoms with Crippen molar-refractivity contribution in [3.05, 3.63) is 93.8 Å². The number of ether oxygens (including phenoxy) is 1. The summed E-state index contributed by atoms with van der Waals surface area (Å²) in [6.07, 6.45) is 1.68. The molecule has 3 rings (SSSR count). The number of methoxy groups -OCH3 is 1. The lowest BCUT2D eigenvalue weighted by Crippen LogP contribution is -2.36. The fourth-order valence-electron chi connectivity index (χ4n) is 2.71. The Balaban J connectivity index is 1.79. The minimum Gasteiger partial charge on any atom is -0.497 e. The number of hydrogen-bond donors (Lipinski definition) is 2. The van der Waals surface area contributed by atoms with Gasteiger partial charge >= 0.3 is 0 Å². The predicted molar refractivity (Wildman–Crippen MR) is 116 cm³/mol. The van der Waals surface area contributed by atoms with Crippen molar-refractivity contribution in [3.8, 4) is 5.75 Å². The molecule has 2 aromatic carbocycles. The first-order valence-corrected chi connectivity index (χ1v) is 10.0. The minimum atomic E-state index is -0.363. The van der Waals surface area contributed by atoms with E-state index < -0.39 is 0 Å². The minimum absolute atomic E-state index is 0.191. The number of benzene rings is 2. The van der Waals surface area contributed by atoms with Crippen LogP contribution in [0.25, 0.3) is 6.08 Å². The van der Waals surface area contributed by atoms with Crippen molar-refractivity contribution in [3.63, 3.8) is 0 Å². The number of rotatable bonds is 7. The molecule has 29 heavy (non-hydrogen) atoms. The van der Waals surface area contributed by atoms with Crippen molar-refractivity contribution in [1.29, 1.82) is 0 Å². The van der Waals surface area contributed by atoms with Gasteiger partial charge in [-0.15, -0.1) is 11.3 Å². The second-order valence-electron chi connectivity index (χ2n) is 6.36. The molecule has 0 saturated carbocycles. The largest absolute Gasteiger partial charge is 0.497 e. The highest BCUT2D eigenvalue weighted by Gasteiger charge is 2.17. The number of hydrogen-bond acceptors (Lipinski definition) is 4. The van der Waals surface area contributed by atoms with Crippen LogP contribution in [-0.2, 0) is 4.79 Å². The summed E-state index contributed by atoms with van der Waals surface area (Å²) in [6, 6.07) is 20.0. The van der Waals surface area contributed by atoms with Crippen LogP contribution in [0, 0.1) is 0 Å². The van der Waals surface area contributed by atoms with Crippen LogP contribution in [0.3, 0.4) is 0 Å². The molecule has 0 fully saturated rings. The summed E-state index contributed by atoms with van der Waals surface area (Å²) in [7, 11) is 1.56. The zero-order chi connectivity index (χ0) is 20.6. The van der Waals surface area contributed by atoms with E-state index in [1.165, 1.54) is 11.3 Å². The third kappa shape index (κ3) is 5.56. The Hall–Kier alpha value is -3.38. The summed E-state index contributed by atoms with van der Waals surface area (Å²) in [5, 5.41) is 7.60. The first-order valence-electron chi connectivity index (χ1n) is 9.13. The van der Waals surface area contributed by atoms with Crippen LogP contribution in [-0.4, -0.2) is 18.9 Å². The Kier molecular flexibility index (Phi) is 6.81. The van der Waals surface area contributed by atoms with E-state index >= 15 is 0 Å². The quantitative estimate of drug-likeness (QED) is 0.571. The highest BCUT2D eigenvalue weighted by molar-refractivity contribution is 7.10. The summed E-state index contributed by atoms with van der Waals surface area (Å²) in [5.41, 5.74) is 1.61. The molecule has 1 atom stereocenters. The molecule has 2 amide bonds. The Morgan fingerprint density at radius 1 is 1.00 bits per heavy atom. The Morgan fingerprint density at radius 3 is 2.34 bits per heavy atom. The van der Waals surface area contributed by atoms with Gasteiger partial charge < -0.3 is 15.4 Å². The van der Waals surface area contributed by atoms with Crippen LogP contribution < -0.4 is 15.4 Å². The molecule has 0 aliphatic carbocycles. The van der Waals surface area contributed by atoms with Crippen LogP contribution in [0.1, 0.15) is 33.8 Å². The number of amides is 2. The maximum atomic E-state index is 12.9. The van der Waals surface area contributed by atoms with Crippen molar-refractivity contribution in [1.82, 2.24) is 10.6 Å². The normalized spacial score (nSPS) is 12.1. The molecule has 2 N–H and O–H groups in total. The Labute approximate surface area is 174 Å². The summed E-state index contributed by atoms with van der Waals surface area (Å²) in [5.74, 6) is -0.0556. The average molecular weight is 407 g/mol. The van der Waals surface area contributed by atoms with Gasteiger partial charge in [0.1, 0.15) is 11.4 Å². The highest BCUT2D eigenvalue weighted by atomic mass is 32.1. The maximum Gasteiger partial charge on any atom is 0.268 e. The standard InChI is InChI=1S/C23H22N2O3S/c1-16(17-7-4-3-5-8-17)24-23(27)21(15-20-9-6-14-29-20)25-22(26)18-10-12-19(28-2)13-11-18/h3-16H,1-2H3,(H,24,27)(H,25,26)/b21-15-/t16-/m0/s1. The van der Waals surface area contributed by atoms with E-state index in [9.17, 15) is 9.59 Å². The summed E-state index contributed by atoms with van der Waals surface area (Å²) in [6.45, 7) is 1.90. The second-order valence-corrected chi connectivity index (χ2v) is 7.34. The van der Waals surface area contributed by atoms with Gasteiger partial charge in [0.05, 0.1) is 13.2 Å². The lowest BCUT2D eigenvalue weighted by molar-refractivity contribution is -0.118. The third-order valence-electron chi connectivity index (χ3n) is 4.32. The molecule has 1 aromatic heterocycles. The van der Waals surface area contributed by atoms with Gasteiger partial charge in [-0.3, -0.25) is 9.59 Å². The molecule has 1 heterocycles. The molecular weight excluding hydrogens is 384 g/mol. The number of carbonyl (C=O) groups excluding carboxylic acids is 2. The van der Waals surface area contributed by atoms with Gasteiger partial charge in [0.15, 0.2) is 0 Å². The summed E-state index contributed by atoms with van der Waals surface area (Å²) < 4.78 is 5.12. The molecule has 0 radical (unpaired) electrons. The number of thiophene rings is 1. The SMILES string of the molecule is COc1ccc(C(=O)N/C(=C\c2cccs2)C(=O)N[C@@H](C)c2ccccc2)cc1. The lowest BCUT2D eigenvalue weighted by atomic mass is 10.1. The van der Waals surface area contributed by atoms with Crippen molar-refractivity contribution in [2.45, 2.75) is 13.0 Å². The van der Waals surface area contributed by atoms with Gasteiger partial charge in [-0.2, -0.15) is 0 Å². The molecular formula is C23H22N2O3S. The second kappa shape index (κ2) is 9.71. The van der Waals surface area contributed by atoms with Crippen LogP contribution >= 0.6 is 11.3 Å². The first-order chi connectivity index (χ1) is 14.1. The predicted octanol–water partition coefficient (Wildman–Crippen LogP) is 4.41. The van der Waals surface area contributed by atoms with E-state index in [0.29, 0.717) is 11.3 Å². The molecule has 0 saturated heterocycles. The van der Waals surface area contributed by atoms with Crippen molar-refractivity contribution < 1.29 is 14.3 Å². The Morgan fingerprint density at radius 2 is 1.72 bits per heavy atom. The van der Waals surface area contributed by atoms with Gasteiger partial charge in [-0.1, -0.05) is 36.4 Å². The van der Waals surface area contributed by atoms with Crippen molar-refractivity contribution in [2.75, 3.05) is 7.11 Å². The van der Waals surface area contributed by atoms with Gasteiger partial charge in [0, 0.05) is 10.4 Å². The maximum absolute atomic E-state index is 12.9. The molecule has 0 unspecified atom stereocenters. The van der Waals surface area contributed by atoms with Crippen molar-refractivity contribution >= 4 is 29.2 Å². The molecule has 6 heteroatoms. The number of carbonyl (C=O) groups is 2. The average Bonchev–Trinajstić information content (AvgIpc) is 3.27. The van der Waals surface area contributed by atoms with Gasteiger partial charge in [0.2, 0.25) is 0 Å². The molecule has 5 nitrogen and oxygen atoms in total. The monoisotopic (exact) mass is 406 g/mol. The smallest absolute Gasteiger partial charge is 0.268 e. The molecule has 3 aromatic rings. The van der Waals surface area contributed by atoms with E-state index in [1.54, 1.807) is 37.5 Å². The van der Waals surface area contributed by atoms with Crippen molar-refractivity contribution in [2.24, 2.45) is 0 Å². The number of nitrogens with one attached hydrogen (secondary N) is 2. The zero-order valence-electron chi connectivity index (χ0n) is 16.2. The van der Waals surface area contributed by atoms with E-state index in [-0.39, 0.29) is 23.6 Å². The van der Waals surface area contributed by atoms with E-state index in [1.807, 2.05) is 54.8 Å². The van der Waals surface area contributed by atoms with Gasteiger partial charge in [0.25, 0.3) is 11.8 Å². The molecule has 0 spiro atoms. The summed E-state index contributed by atoms with van der Waals surface area (Å²) >= 11 is 1.49. The van der Waals surface area contributed by atoms with E-state index in [2.05, 4.69) is 10.6 Å². The van der Waals surface area contributed by atoms with Gasteiger partial charge in [-0.05, 0) is 54.3 Å². The molecule has 0 aliphatic heterocycles. The lowest BCUT2D eigenvalue weighted by Gasteiger charge is -2.16. The van der Waals surface area contributed by atoms with Crippen LogP contribution in [0.5, 0.6) is 5.75 Å².